The number of nitrogens with two attached hydrogens (primary N) is 1. The van der Waals surface area contributed by atoms with E-state index in [4.69, 9.17) is 5.14 Å². The van der Waals surface area contributed by atoms with Crippen molar-refractivity contribution in [3.8, 4) is 0 Å². The summed E-state index contributed by atoms with van der Waals surface area (Å²) in [6, 6.07) is 2.84. The topological polar surface area (TPSA) is 131 Å². The minimum absolute atomic E-state index is 0.0104. The number of carbonyl (C=O) groups is 1. The number of benzene rings is 1. The first-order valence-electron chi connectivity index (χ1n) is 5.29. The van der Waals surface area contributed by atoms with Gasteiger partial charge in [-0.15, -0.1) is 0 Å². The van der Waals surface area contributed by atoms with Crippen molar-refractivity contribution in [1.29, 1.82) is 0 Å². The minimum Gasteiger partial charge on any atom is -0.319 e. The molecule has 10 heteroatoms. The van der Waals surface area contributed by atoms with Gasteiger partial charge in [-0.25, -0.2) is 13.6 Å². The molecule has 0 radical (unpaired) electrons. The minimum atomic E-state index is -3.81. The molecule has 1 amide bonds. The predicted octanol–water partition coefficient (Wildman–Crippen LogP) is 0.775. The maximum Gasteiger partial charge on any atom is 0.277 e. The van der Waals surface area contributed by atoms with Gasteiger partial charge in [-0.3, -0.25) is 4.79 Å². The van der Waals surface area contributed by atoms with Crippen LogP contribution < -0.4 is 10.5 Å². The summed E-state index contributed by atoms with van der Waals surface area (Å²) < 4.78 is 23.1. The van der Waals surface area contributed by atoms with Crippen LogP contribution in [0.4, 0.5) is 5.69 Å². The highest BCUT2D eigenvalue weighted by atomic mass is 79.9. The molecule has 0 fully saturated rings. The lowest BCUT2D eigenvalue weighted by Gasteiger charge is -2.10. The first kappa shape index (κ1) is 14.6. The summed E-state index contributed by atoms with van der Waals surface area (Å²) in [5.41, 5.74) is 0.944. The number of sulfonamides is 1. The molecule has 1 aromatic heterocycles. The van der Waals surface area contributed by atoms with Gasteiger partial charge in [-0.2, -0.15) is 15.4 Å². The number of anilines is 1. The van der Waals surface area contributed by atoms with Crippen LogP contribution in [0.5, 0.6) is 0 Å². The molecule has 20 heavy (non-hydrogen) atoms. The van der Waals surface area contributed by atoms with Crippen molar-refractivity contribution in [1.82, 2.24) is 15.4 Å². The fraction of sp³-hybridized carbons (Fsp3) is 0.100. The van der Waals surface area contributed by atoms with Crippen molar-refractivity contribution in [3.63, 3.8) is 0 Å². The average Bonchev–Trinajstić information content (AvgIpc) is 2.85. The normalized spacial score (nSPS) is 11.3. The molecule has 0 aliphatic carbocycles. The van der Waals surface area contributed by atoms with Crippen LogP contribution in [-0.4, -0.2) is 29.7 Å². The van der Waals surface area contributed by atoms with Gasteiger partial charge < -0.3 is 5.32 Å². The Morgan fingerprint density at radius 3 is 2.70 bits per heavy atom. The lowest BCUT2D eigenvalue weighted by molar-refractivity contribution is 0.102. The number of aromatic nitrogens is 3. The molecule has 2 aromatic rings. The smallest absolute Gasteiger partial charge is 0.277 e. The fourth-order valence-electron chi connectivity index (χ4n) is 1.56. The van der Waals surface area contributed by atoms with E-state index in [9.17, 15) is 13.2 Å². The molecule has 0 bridgehead atoms. The number of aryl methyl sites for hydroxylation is 1. The number of hydrogen-bond acceptors (Lipinski definition) is 5. The van der Waals surface area contributed by atoms with Crippen molar-refractivity contribution in [2.75, 3.05) is 5.32 Å². The van der Waals surface area contributed by atoms with Crippen molar-refractivity contribution < 1.29 is 13.2 Å². The highest BCUT2D eigenvalue weighted by Gasteiger charge is 2.16. The van der Waals surface area contributed by atoms with Crippen LogP contribution in [0.3, 0.4) is 0 Å². The molecule has 1 aromatic carbocycles. The zero-order chi connectivity index (χ0) is 14.9. The molecule has 8 nitrogen and oxygen atoms in total. The Balaban J connectivity index is 2.35. The number of carbonyl (C=O) groups excluding carboxylic acids is 1. The molecular weight excluding hydrogens is 350 g/mol. The molecular formula is C10H10BrN5O3S. The molecule has 0 aliphatic rings. The van der Waals surface area contributed by atoms with Crippen LogP contribution in [0.2, 0.25) is 0 Å². The molecule has 2 rings (SSSR count). The van der Waals surface area contributed by atoms with E-state index in [1.807, 2.05) is 0 Å². The molecule has 0 spiro atoms. The van der Waals surface area contributed by atoms with Gasteiger partial charge in [0, 0.05) is 4.47 Å². The fourth-order valence-corrected chi connectivity index (χ4v) is 2.95. The molecule has 1 heterocycles. The number of aromatic amines is 1. The van der Waals surface area contributed by atoms with E-state index < -0.39 is 15.9 Å². The SMILES string of the molecule is Cc1cc(NC(=O)c2cn[nH]n2)c(Br)cc1S(N)(=O)=O. The number of H-pyrrole nitrogens is 1. The maximum absolute atomic E-state index is 11.8. The molecule has 0 atom stereocenters. The quantitative estimate of drug-likeness (QED) is 0.744. The van der Waals surface area contributed by atoms with Crippen LogP contribution in [0.1, 0.15) is 16.1 Å². The number of nitrogens with one attached hydrogen (secondary N) is 2. The molecule has 4 N–H and O–H groups in total. The highest BCUT2D eigenvalue weighted by Crippen LogP contribution is 2.28. The Bertz CT molecular complexity index is 757. The van der Waals surface area contributed by atoms with Crippen molar-refractivity contribution >= 4 is 37.5 Å². The second-order valence-corrected chi connectivity index (χ2v) is 6.34. The summed E-state index contributed by atoms with van der Waals surface area (Å²) in [4.78, 5) is 11.8. The van der Waals surface area contributed by atoms with Crippen LogP contribution in [0.15, 0.2) is 27.7 Å². The summed E-state index contributed by atoms with van der Waals surface area (Å²) in [5.74, 6) is -0.470. The van der Waals surface area contributed by atoms with E-state index in [0.29, 0.717) is 15.7 Å². The molecule has 0 saturated heterocycles. The third-order valence-electron chi connectivity index (χ3n) is 2.47. The van der Waals surface area contributed by atoms with Gasteiger partial charge in [0.2, 0.25) is 10.0 Å². The first-order chi connectivity index (χ1) is 9.29. The van der Waals surface area contributed by atoms with Gasteiger partial charge in [0.15, 0.2) is 5.69 Å². The summed E-state index contributed by atoms with van der Waals surface area (Å²) in [7, 11) is -3.81. The Labute approximate surface area is 122 Å². The van der Waals surface area contributed by atoms with E-state index >= 15 is 0 Å². The van der Waals surface area contributed by atoms with Crippen molar-refractivity contribution in [3.05, 3.63) is 34.1 Å². The van der Waals surface area contributed by atoms with E-state index in [-0.39, 0.29) is 10.6 Å². The first-order valence-corrected chi connectivity index (χ1v) is 7.63. The van der Waals surface area contributed by atoms with Crippen LogP contribution in [-0.2, 0) is 10.0 Å². The summed E-state index contributed by atoms with van der Waals surface area (Å²) in [6.45, 7) is 1.58. The molecule has 0 aliphatic heterocycles. The zero-order valence-corrected chi connectivity index (χ0v) is 12.6. The number of rotatable bonds is 3. The number of nitrogens with zero attached hydrogens (tertiary/aromatic N) is 2. The van der Waals surface area contributed by atoms with Crippen LogP contribution in [0.25, 0.3) is 0 Å². The van der Waals surface area contributed by atoms with Gasteiger partial charge in [0.25, 0.3) is 5.91 Å². The van der Waals surface area contributed by atoms with Crippen LogP contribution >= 0.6 is 15.9 Å². The van der Waals surface area contributed by atoms with Gasteiger partial charge in [0.05, 0.1) is 16.8 Å². The number of primary sulfonamides is 1. The highest BCUT2D eigenvalue weighted by molar-refractivity contribution is 9.10. The average molecular weight is 360 g/mol. The number of halogens is 1. The summed E-state index contributed by atoms with van der Waals surface area (Å²) in [5, 5.41) is 17.2. The largest absolute Gasteiger partial charge is 0.319 e. The van der Waals surface area contributed by atoms with Crippen LogP contribution in [0, 0.1) is 6.92 Å². The van der Waals surface area contributed by atoms with Gasteiger partial charge in [0.1, 0.15) is 0 Å². The van der Waals surface area contributed by atoms with E-state index in [2.05, 4.69) is 36.7 Å². The molecule has 0 saturated carbocycles. The molecule has 106 valence electrons. The Morgan fingerprint density at radius 2 is 2.15 bits per heavy atom. The van der Waals surface area contributed by atoms with E-state index in [0.717, 1.165) is 0 Å². The lowest BCUT2D eigenvalue weighted by atomic mass is 10.2. The lowest BCUT2D eigenvalue weighted by Crippen LogP contribution is -2.16. The predicted molar refractivity (Wildman–Crippen MR) is 74.6 cm³/mol. The van der Waals surface area contributed by atoms with E-state index in [1.54, 1.807) is 6.92 Å². The third kappa shape index (κ3) is 3.03. The second-order valence-electron chi connectivity index (χ2n) is 3.95. The Kier molecular flexibility index (Phi) is 3.88. The van der Waals surface area contributed by atoms with E-state index in [1.165, 1.54) is 18.3 Å². The number of hydrogen-bond donors (Lipinski definition) is 3. The Hall–Kier alpha value is -1.78. The second kappa shape index (κ2) is 5.31. The standard InChI is InChI=1S/C10H10BrN5O3S/c1-5-2-7(6(11)3-9(5)20(12,18)19)14-10(17)8-4-13-16-15-8/h2-4H,1H3,(H,14,17)(H2,12,18,19)(H,13,15,16). The summed E-state index contributed by atoms with van der Waals surface area (Å²) in [6.07, 6.45) is 1.27. The molecule has 0 unspecified atom stereocenters. The Morgan fingerprint density at radius 1 is 1.45 bits per heavy atom. The summed E-state index contributed by atoms with van der Waals surface area (Å²) >= 11 is 3.19. The zero-order valence-electron chi connectivity index (χ0n) is 10.2. The third-order valence-corrected chi connectivity index (χ3v) is 4.18. The van der Waals surface area contributed by atoms with Crippen molar-refractivity contribution in [2.45, 2.75) is 11.8 Å². The van der Waals surface area contributed by atoms with Gasteiger partial charge >= 0.3 is 0 Å². The maximum atomic E-state index is 11.8. The van der Waals surface area contributed by atoms with Gasteiger partial charge in [-0.1, -0.05) is 0 Å². The van der Waals surface area contributed by atoms with Crippen molar-refractivity contribution in [2.24, 2.45) is 5.14 Å². The van der Waals surface area contributed by atoms with Gasteiger partial charge in [-0.05, 0) is 40.5 Å². The monoisotopic (exact) mass is 359 g/mol. The number of amides is 1.